The molecule has 4 atom stereocenters. The highest BCUT2D eigenvalue weighted by Crippen LogP contribution is 2.19. The van der Waals surface area contributed by atoms with Gasteiger partial charge in [0.2, 0.25) is 0 Å². The van der Waals surface area contributed by atoms with E-state index in [1.165, 1.54) is 0 Å². The maximum atomic E-state index is 9.73. The van der Waals surface area contributed by atoms with Crippen LogP contribution in [0.5, 0.6) is 0 Å². The van der Waals surface area contributed by atoms with E-state index in [4.69, 9.17) is 0 Å². The Labute approximate surface area is 98.8 Å². The van der Waals surface area contributed by atoms with Crippen LogP contribution in [0.3, 0.4) is 0 Å². The maximum absolute atomic E-state index is 9.73. The van der Waals surface area contributed by atoms with E-state index in [1.54, 1.807) is 30.3 Å². The van der Waals surface area contributed by atoms with Gasteiger partial charge in [-0.15, -0.1) is 0 Å². The number of hydrogen-bond acceptors (Lipinski definition) is 5. The van der Waals surface area contributed by atoms with Crippen molar-refractivity contribution in [3.05, 3.63) is 35.9 Å². The van der Waals surface area contributed by atoms with Crippen LogP contribution in [0.1, 0.15) is 11.7 Å². The number of thiocarbonyl (C=S) groups is 1. The smallest absolute Gasteiger partial charge is 0.113 e. The van der Waals surface area contributed by atoms with E-state index < -0.39 is 24.4 Å². The molecule has 1 aromatic rings. The van der Waals surface area contributed by atoms with Crippen LogP contribution in [0.2, 0.25) is 0 Å². The van der Waals surface area contributed by atoms with E-state index in [1.807, 2.05) is 0 Å². The van der Waals surface area contributed by atoms with Crippen molar-refractivity contribution in [3.8, 4) is 0 Å². The lowest BCUT2D eigenvalue weighted by Crippen LogP contribution is -2.41. The first-order valence-electron chi connectivity index (χ1n) is 4.80. The van der Waals surface area contributed by atoms with Crippen LogP contribution in [-0.4, -0.2) is 44.1 Å². The molecule has 1 unspecified atom stereocenters. The molecular formula is C11H14O4S. The van der Waals surface area contributed by atoms with E-state index in [-0.39, 0.29) is 0 Å². The van der Waals surface area contributed by atoms with Crippen LogP contribution in [0.4, 0.5) is 0 Å². The monoisotopic (exact) mass is 242 g/mol. The van der Waals surface area contributed by atoms with Crippen LogP contribution >= 0.6 is 12.2 Å². The molecule has 0 bridgehead atoms. The number of aliphatic hydroxyl groups excluding tert-OH is 4. The molecule has 0 saturated heterocycles. The molecule has 88 valence electrons. The van der Waals surface area contributed by atoms with Crippen LogP contribution in [0, 0.1) is 0 Å². The van der Waals surface area contributed by atoms with E-state index in [0.717, 1.165) is 5.37 Å². The van der Waals surface area contributed by atoms with Gasteiger partial charge in [0.05, 0.1) is 0 Å². The zero-order valence-electron chi connectivity index (χ0n) is 8.47. The molecule has 0 heterocycles. The first-order valence-corrected chi connectivity index (χ1v) is 5.27. The molecule has 0 amide bonds. The van der Waals surface area contributed by atoms with Gasteiger partial charge in [-0.2, -0.15) is 0 Å². The number of aliphatic hydroxyl groups is 4. The van der Waals surface area contributed by atoms with Gasteiger partial charge < -0.3 is 20.4 Å². The predicted molar refractivity (Wildman–Crippen MR) is 63.1 cm³/mol. The van der Waals surface area contributed by atoms with Crippen molar-refractivity contribution < 1.29 is 20.4 Å². The Morgan fingerprint density at radius 1 is 0.938 bits per heavy atom. The molecule has 1 rings (SSSR count). The van der Waals surface area contributed by atoms with Crippen molar-refractivity contribution in [1.82, 2.24) is 0 Å². The van der Waals surface area contributed by atoms with Gasteiger partial charge in [-0.1, -0.05) is 42.5 Å². The Morgan fingerprint density at radius 3 is 2.00 bits per heavy atom. The summed E-state index contributed by atoms with van der Waals surface area (Å²) in [6.07, 6.45) is -5.60. The Balaban J connectivity index is 2.74. The van der Waals surface area contributed by atoms with Crippen molar-refractivity contribution >= 4 is 17.6 Å². The van der Waals surface area contributed by atoms with Crippen molar-refractivity contribution in [2.45, 2.75) is 24.4 Å². The van der Waals surface area contributed by atoms with Gasteiger partial charge in [0, 0.05) is 5.37 Å². The quantitative estimate of drug-likeness (QED) is 0.538. The Hall–Kier alpha value is -0.850. The second-order valence-corrected chi connectivity index (χ2v) is 3.74. The normalized spacial score (nSPS) is 18.5. The van der Waals surface area contributed by atoms with Gasteiger partial charge in [-0.3, -0.25) is 0 Å². The molecule has 0 spiro atoms. The standard InChI is InChI=1S/C11H14O4S/c12-8(6-16)10(14)11(15)9(13)7-4-2-1-3-5-7/h1-6,8-15H/t8-,9?,10-,11+/m0/s1. The van der Waals surface area contributed by atoms with E-state index >= 15 is 0 Å². The van der Waals surface area contributed by atoms with Gasteiger partial charge >= 0.3 is 0 Å². The molecule has 0 aliphatic heterocycles. The SMILES string of the molecule is OC(c1ccccc1)[C@@H](O)[C@@H](O)[C@@H](O)C=S. The van der Waals surface area contributed by atoms with Crippen LogP contribution < -0.4 is 0 Å². The summed E-state index contributed by atoms with van der Waals surface area (Å²) in [5.74, 6) is 0. The minimum absolute atomic E-state index is 0.464. The second kappa shape index (κ2) is 6.03. The molecule has 0 aliphatic rings. The molecule has 0 aliphatic carbocycles. The van der Waals surface area contributed by atoms with Crippen molar-refractivity contribution in [3.63, 3.8) is 0 Å². The fourth-order valence-corrected chi connectivity index (χ4v) is 1.48. The summed E-state index contributed by atoms with van der Waals surface area (Å²) in [7, 11) is 0. The third-order valence-electron chi connectivity index (χ3n) is 2.30. The van der Waals surface area contributed by atoms with Gasteiger partial charge in [0.1, 0.15) is 24.4 Å². The highest BCUT2D eigenvalue weighted by molar-refractivity contribution is 7.79. The third-order valence-corrected chi connectivity index (χ3v) is 2.58. The van der Waals surface area contributed by atoms with Crippen molar-refractivity contribution in [2.24, 2.45) is 0 Å². The Bertz CT molecular complexity index is 330. The molecule has 0 aromatic heterocycles. The zero-order valence-corrected chi connectivity index (χ0v) is 9.29. The minimum atomic E-state index is -1.51. The molecule has 1 aromatic carbocycles. The lowest BCUT2D eigenvalue weighted by molar-refractivity contribution is -0.0888. The minimum Gasteiger partial charge on any atom is -0.387 e. The summed E-state index contributed by atoms with van der Waals surface area (Å²) < 4.78 is 0. The first kappa shape index (κ1) is 13.2. The predicted octanol–water partition coefficient (Wildman–Crippen LogP) is -0.198. The van der Waals surface area contributed by atoms with Gasteiger partial charge in [0.25, 0.3) is 0 Å². The molecule has 4 nitrogen and oxygen atoms in total. The first-order chi connectivity index (χ1) is 7.57. The number of rotatable bonds is 5. The van der Waals surface area contributed by atoms with Crippen LogP contribution in [0.25, 0.3) is 0 Å². The summed E-state index contributed by atoms with van der Waals surface area (Å²) in [5, 5.41) is 39.0. The zero-order chi connectivity index (χ0) is 12.1. The Morgan fingerprint density at radius 2 is 1.50 bits per heavy atom. The third kappa shape index (κ3) is 3.07. The molecule has 16 heavy (non-hydrogen) atoms. The average molecular weight is 242 g/mol. The fourth-order valence-electron chi connectivity index (χ4n) is 1.32. The maximum Gasteiger partial charge on any atom is 0.113 e. The molecule has 0 radical (unpaired) electrons. The number of benzene rings is 1. The summed E-state index contributed by atoms with van der Waals surface area (Å²) >= 11 is 4.45. The Kier molecular flexibility index (Phi) is 4.98. The van der Waals surface area contributed by atoms with Crippen LogP contribution in [0.15, 0.2) is 30.3 Å². The lowest BCUT2D eigenvalue weighted by Gasteiger charge is -2.24. The van der Waals surface area contributed by atoms with Crippen LogP contribution in [-0.2, 0) is 0 Å². The summed E-state index contributed by atoms with van der Waals surface area (Å²) in [4.78, 5) is 0. The van der Waals surface area contributed by atoms with Gasteiger partial charge in [-0.25, -0.2) is 0 Å². The molecule has 5 heteroatoms. The average Bonchev–Trinajstić information content (AvgIpc) is 2.36. The second-order valence-electron chi connectivity index (χ2n) is 3.46. The molecule has 4 N–H and O–H groups in total. The van der Waals surface area contributed by atoms with Crippen molar-refractivity contribution in [2.75, 3.05) is 0 Å². The molecule has 0 saturated carbocycles. The molecule has 0 fully saturated rings. The summed E-state index contributed by atoms with van der Waals surface area (Å²) in [6, 6.07) is 8.40. The highest BCUT2D eigenvalue weighted by atomic mass is 32.1. The lowest BCUT2D eigenvalue weighted by atomic mass is 9.98. The largest absolute Gasteiger partial charge is 0.387 e. The number of hydrogen-bond donors (Lipinski definition) is 4. The summed E-state index contributed by atoms with van der Waals surface area (Å²) in [6.45, 7) is 0. The fraction of sp³-hybridized carbons (Fsp3) is 0.364. The van der Waals surface area contributed by atoms with Gasteiger partial charge in [0.15, 0.2) is 0 Å². The topological polar surface area (TPSA) is 80.9 Å². The van der Waals surface area contributed by atoms with Gasteiger partial charge in [-0.05, 0) is 5.56 Å². The highest BCUT2D eigenvalue weighted by Gasteiger charge is 2.29. The van der Waals surface area contributed by atoms with E-state index in [2.05, 4.69) is 12.2 Å². The molecular weight excluding hydrogens is 228 g/mol. The van der Waals surface area contributed by atoms with E-state index in [9.17, 15) is 20.4 Å². The van der Waals surface area contributed by atoms with E-state index in [0.29, 0.717) is 5.56 Å². The summed E-state index contributed by atoms with van der Waals surface area (Å²) in [5.41, 5.74) is 0.464. The van der Waals surface area contributed by atoms with Crippen molar-refractivity contribution in [1.29, 1.82) is 0 Å².